The smallest absolute Gasteiger partial charge is 0.341 e. The molecule has 0 unspecified atom stereocenters. The topological polar surface area (TPSA) is 142 Å². The van der Waals surface area contributed by atoms with E-state index in [1.54, 1.807) is 13.0 Å². The lowest BCUT2D eigenvalue weighted by molar-refractivity contribution is -0.384. The number of benzene rings is 1. The molecular weight excluding hydrogens is 564 g/mol. The van der Waals surface area contributed by atoms with E-state index in [2.05, 4.69) is 10.3 Å². The zero-order chi connectivity index (χ0) is 27.9. The average molecular weight is 593 g/mol. The number of thiophene rings is 1. The molecule has 2 heterocycles. The van der Waals surface area contributed by atoms with Gasteiger partial charge in [0, 0.05) is 30.2 Å². The summed E-state index contributed by atoms with van der Waals surface area (Å²) < 4.78 is 13.1. The minimum atomic E-state index is -0.465. The van der Waals surface area contributed by atoms with E-state index < -0.39 is 16.8 Å². The Morgan fingerprint density at radius 1 is 1.18 bits per heavy atom. The Hall–Kier alpha value is -3.07. The third-order valence-electron chi connectivity index (χ3n) is 5.87. The summed E-state index contributed by atoms with van der Waals surface area (Å²) in [7, 11) is 0. The maximum absolute atomic E-state index is 12.7. The number of esters is 1. The predicted octanol–water partition coefficient (Wildman–Crippen LogP) is 4.17. The zero-order valence-corrected chi connectivity index (χ0v) is 24.0. The fraction of sp³-hybridized carbons (Fsp3) is 0.440. The molecule has 3 aromatic rings. The number of fused-ring (bicyclic) bond motifs is 2. The van der Waals surface area contributed by atoms with Gasteiger partial charge in [-0.1, -0.05) is 11.3 Å². The minimum Gasteiger partial charge on any atom is -0.462 e. The first-order valence-electron chi connectivity index (χ1n) is 12.4. The van der Waals surface area contributed by atoms with Crippen molar-refractivity contribution in [3.63, 3.8) is 0 Å². The Balaban J connectivity index is 1.42. The van der Waals surface area contributed by atoms with Crippen molar-refractivity contribution < 1.29 is 28.8 Å². The van der Waals surface area contributed by atoms with Crippen molar-refractivity contribution in [3.05, 3.63) is 49.1 Å². The Bertz CT molecular complexity index is 1470. The third kappa shape index (κ3) is 6.93. The molecule has 0 fully saturated rings. The number of nitro benzene ring substituents is 1. The van der Waals surface area contributed by atoms with Crippen LogP contribution in [0.25, 0.3) is 10.2 Å². The number of nitro groups is 1. The van der Waals surface area contributed by atoms with Gasteiger partial charge in [0.2, 0.25) is 5.91 Å². The molecule has 14 heteroatoms. The number of non-ortho nitro benzene ring substituents is 1. The van der Waals surface area contributed by atoms with Crippen molar-refractivity contribution in [1.29, 1.82) is 0 Å². The zero-order valence-electron chi connectivity index (χ0n) is 21.5. The molecule has 0 aliphatic heterocycles. The number of anilines is 1. The van der Waals surface area contributed by atoms with Gasteiger partial charge in [0.25, 0.3) is 11.6 Å². The van der Waals surface area contributed by atoms with E-state index >= 15 is 0 Å². The molecular formula is C25H28N4O7S3. The fourth-order valence-electron chi connectivity index (χ4n) is 4.22. The van der Waals surface area contributed by atoms with Crippen LogP contribution in [-0.4, -0.2) is 58.6 Å². The van der Waals surface area contributed by atoms with Gasteiger partial charge in [-0.15, -0.1) is 23.1 Å². The van der Waals surface area contributed by atoms with Crippen molar-refractivity contribution in [2.75, 3.05) is 36.6 Å². The van der Waals surface area contributed by atoms with E-state index in [9.17, 15) is 24.5 Å². The first kappa shape index (κ1) is 28.9. The molecule has 11 nitrogen and oxygen atoms in total. The highest BCUT2D eigenvalue weighted by Crippen LogP contribution is 2.39. The highest BCUT2D eigenvalue weighted by Gasteiger charge is 2.28. The van der Waals surface area contributed by atoms with Crippen LogP contribution in [-0.2, 0) is 38.4 Å². The van der Waals surface area contributed by atoms with Crippen LogP contribution in [0.1, 0.15) is 41.1 Å². The molecule has 0 radical (unpaired) electrons. The number of aryl methyl sites for hydroxylation is 1. The van der Waals surface area contributed by atoms with Gasteiger partial charge < -0.3 is 19.4 Å². The number of ether oxygens (including phenoxy) is 2. The number of hydrogen-bond donors (Lipinski definition) is 1. The summed E-state index contributed by atoms with van der Waals surface area (Å²) in [5, 5.41) is 14.5. The van der Waals surface area contributed by atoms with Crippen LogP contribution < -0.4 is 10.1 Å². The lowest BCUT2D eigenvalue weighted by Crippen LogP contribution is -2.20. The molecule has 208 valence electrons. The number of nitrogens with one attached hydrogen (secondary N) is 1. The Labute approximate surface area is 236 Å². The van der Waals surface area contributed by atoms with Crippen LogP contribution in [0.2, 0.25) is 0 Å². The number of thioether (sulfide) groups is 1. The molecule has 0 atom stereocenters. The molecule has 0 saturated heterocycles. The normalized spacial score (nSPS) is 13.0. The number of carbonyl (C=O) groups is 3. The Kier molecular flexibility index (Phi) is 9.88. The molecule has 1 N–H and O–H groups in total. The number of nitrogens with zero attached hydrogens (tertiary/aromatic N) is 3. The first-order valence-corrected chi connectivity index (χ1v) is 15.2. The van der Waals surface area contributed by atoms with Crippen LogP contribution in [0.15, 0.2) is 23.2 Å². The van der Waals surface area contributed by atoms with Crippen LogP contribution in [0.4, 0.5) is 10.7 Å². The quantitative estimate of drug-likeness (QED) is 0.143. The summed E-state index contributed by atoms with van der Waals surface area (Å²) in [6, 6.07) is 4.52. The van der Waals surface area contributed by atoms with Gasteiger partial charge >= 0.3 is 5.97 Å². The number of aromatic nitrogens is 1. The van der Waals surface area contributed by atoms with Crippen molar-refractivity contribution in [2.45, 2.75) is 39.7 Å². The van der Waals surface area contributed by atoms with E-state index in [4.69, 9.17) is 9.47 Å². The van der Waals surface area contributed by atoms with Gasteiger partial charge in [-0.2, -0.15) is 4.99 Å². The summed E-state index contributed by atoms with van der Waals surface area (Å²) in [4.78, 5) is 54.2. The summed E-state index contributed by atoms with van der Waals surface area (Å²) >= 11 is 3.71. The number of amides is 2. The van der Waals surface area contributed by atoms with Gasteiger partial charge in [0.05, 0.1) is 45.4 Å². The molecule has 1 aliphatic rings. The Morgan fingerprint density at radius 3 is 2.74 bits per heavy atom. The predicted molar refractivity (Wildman–Crippen MR) is 152 cm³/mol. The monoisotopic (exact) mass is 592 g/mol. The van der Waals surface area contributed by atoms with E-state index in [1.807, 2.05) is 11.5 Å². The fourth-order valence-corrected chi connectivity index (χ4v) is 7.22. The molecule has 0 bridgehead atoms. The largest absolute Gasteiger partial charge is 0.462 e. The minimum absolute atomic E-state index is 0.00897. The lowest BCUT2D eigenvalue weighted by atomic mass is 10.1. The molecule has 2 aromatic heterocycles. The molecule has 2 amide bonds. The van der Waals surface area contributed by atoms with Crippen LogP contribution in [0, 0.1) is 10.1 Å². The maximum atomic E-state index is 12.7. The maximum Gasteiger partial charge on any atom is 0.341 e. The molecule has 0 spiro atoms. The van der Waals surface area contributed by atoms with Gasteiger partial charge in [-0.3, -0.25) is 19.7 Å². The molecule has 1 aliphatic carbocycles. The van der Waals surface area contributed by atoms with E-state index in [0.717, 1.165) is 47.0 Å². The van der Waals surface area contributed by atoms with Crippen molar-refractivity contribution in [1.82, 2.24) is 4.57 Å². The highest BCUT2D eigenvalue weighted by atomic mass is 32.2. The standard InChI is InChI=1S/C25H28N4O7S3/c1-3-35-11-10-28-17-9-8-15(29(33)34)12-19(17)39-25(28)27-21(31)14-37-13-20(30)26-23-22(24(32)36-4-2)16-6-5-7-18(16)38-23/h8-9,12H,3-7,10-11,13-14H2,1-2H3,(H,26,30). The first-order chi connectivity index (χ1) is 18.8. The van der Waals surface area contributed by atoms with Gasteiger partial charge in [0.1, 0.15) is 5.00 Å². The Morgan fingerprint density at radius 2 is 2.00 bits per heavy atom. The van der Waals surface area contributed by atoms with Gasteiger partial charge in [-0.05, 0) is 44.7 Å². The second-order valence-corrected chi connectivity index (χ2v) is 11.6. The molecule has 4 rings (SSSR count). The summed E-state index contributed by atoms with van der Waals surface area (Å²) in [6.07, 6.45) is 2.64. The lowest BCUT2D eigenvalue weighted by Gasteiger charge is -2.07. The summed E-state index contributed by atoms with van der Waals surface area (Å²) in [5.41, 5.74) is 2.09. The SMILES string of the molecule is CCOCCn1c(=NC(=O)CSCC(=O)Nc2sc3c(c2C(=O)OCC)CCC3)sc2cc([N+](=O)[O-])ccc21. The third-order valence-corrected chi connectivity index (χ3v) is 9.04. The molecule has 1 aromatic carbocycles. The van der Waals surface area contributed by atoms with Crippen LogP contribution in [0.5, 0.6) is 0 Å². The van der Waals surface area contributed by atoms with Crippen molar-refractivity contribution in [3.8, 4) is 0 Å². The van der Waals surface area contributed by atoms with Crippen molar-refractivity contribution >= 4 is 73.1 Å². The highest BCUT2D eigenvalue weighted by molar-refractivity contribution is 8.00. The van der Waals surface area contributed by atoms with E-state index in [-0.39, 0.29) is 29.7 Å². The summed E-state index contributed by atoms with van der Waals surface area (Å²) in [5.74, 6) is -1.20. The van der Waals surface area contributed by atoms with E-state index in [0.29, 0.717) is 39.8 Å². The van der Waals surface area contributed by atoms with E-state index in [1.165, 1.54) is 34.8 Å². The number of carbonyl (C=O) groups excluding carboxylic acids is 3. The molecule has 0 saturated carbocycles. The van der Waals surface area contributed by atoms with Gasteiger partial charge in [-0.25, -0.2) is 4.79 Å². The molecule has 39 heavy (non-hydrogen) atoms. The number of rotatable bonds is 12. The second kappa shape index (κ2) is 13.3. The summed E-state index contributed by atoms with van der Waals surface area (Å²) in [6.45, 7) is 5.24. The number of hydrogen-bond acceptors (Lipinski definition) is 10. The van der Waals surface area contributed by atoms with Crippen LogP contribution in [0.3, 0.4) is 0 Å². The number of thiazole rings is 1. The second-order valence-electron chi connectivity index (χ2n) is 8.47. The van der Waals surface area contributed by atoms with Gasteiger partial charge in [0.15, 0.2) is 4.80 Å². The van der Waals surface area contributed by atoms with Crippen molar-refractivity contribution in [2.24, 2.45) is 4.99 Å². The van der Waals surface area contributed by atoms with Crippen LogP contribution >= 0.6 is 34.4 Å². The average Bonchev–Trinajstić information content (AvgIpc) is 3.57.